The van der Waals surface area contributed by atoms with Gasteiger partial charge in [0, 0.05) is 29.2 Å². The molecule has 38 heavy (non-hydrogen) atoms. The van der Waals surface area contributed by atoms with Crippen LogP contribution in [0.5, 0.6) is 0 Å². The molecule has 0 radical (unpaired) electrons. The average Bonchev–Trinajstić information content (AvgIpc) is 2.88. The number of rotatable bonds is 9. The van der Waals surface area contributed by atoms with Crippen LogP contribution in [0.15, 0.2) is 96.2 Å². The number of halogens is 1. The van der Waals surface area contributed by atoms with Crippen LogP contribution in [0.4, 0.5) is 21.7 Å². The van der Waals surface area contributed by atoms with E-state index in [1.54, 1.807) is 12.1 Å². The number of nitrogens with one attached hydrogen (secondary N) is 2. The molecule has 0 fully saturated rings. The Balaban J connectivity index is 1.45. The van der Waals surface area contributed by atoms with E-state index in [0.29, 0.717) is 5.69 Å². The fourth-order valence-electron chi connectivity index (χ4n) is 3.41. The van der Waals surface area contributed by atoms with Crippen molar-refractivity contribution in [1.29, 1.82) is 0 Å². The maximum absolute atomic E-state index is 14.1. The molecule has 0 aliphatic heterocycles. The predicted octanol–water partition coefficient (Wildman–Crippen LogP) is 3.64. The molecule has 0 saturated heterocycles. The highest BCUT2D eigenvalue weighted by Crippen LogP contribution is 2.23. The predicted molar refractivity (Wildman–Crippen MR) is 141 cm³/mol. The quantitative estimate of drug-likeness (QED) is 0.322. The monoisotopic (exact) mass is 555 g/mol. The molecular weight excluding hydrogens is 533 g/mol. The molecule has 10 nitrogen and oxygen atoms in total. The maximum Gasteiger partial charge on any atom is 0.264 e. The van der Waals surface area contributed by atoms with Crippen molar-refractivity contribution < 1.29 is 26.0 Å². The van der Waals surface area contributed by atoms with Crippen LogP contribution >= 0.6 is 0 Å². The normalized spacial score (nSPS) is 11.5. The zero-order valence-electron chi connectivity index (χ0n) is 19.9. The zero-order valence-corrected chi connectivity index (χ0v) is 21.6. The molecular formula is C25H22FN5O5S2. The van der Waals surface area contributed by atoms with Crippen molar-refractivity contribution in [2.75, 3.05) is 20.6 Å². The van der Waals surface area contributed by atoms with Crippen LogP contribution in [0.25, 0.3) is 0 Å². The second-order valence-corrected chi connectivity index (χ2v) is 11.7. The summed E-state index contributed by atoms with van der Waals surface area (Å²) in [6.45, 7) is -0.211. The number of aromatic nitrogens is 2. The lowest BCUT2D eigenvalue weighted by Crippen LogP contribution is -2.29. The summed E-state index contributed by atoms with van der Waals surface area (Å²) in [6.07, 6.45) is 3.82. The van der Waals surface area contributed by atoms with Crippen LogP contribution in [0.2, 0.25) is 0 Å². The summed E-state index contributed by atoms with van der Waals surface area (Å²) in [4.78, 5) is 20.3. The number of anilines is 3. The number of sulfonamides is 2. The Kier molecular flexibility index (Phi) is 7.69. The third-order valence-electron chi connectivity index (χ3n) is 5.30. The Hall–Kier alpha value is -4.36. The fraction of sp³-hybridized carbons (Fsp3) is 0.0800. The Morgan fingerprint density at radius 3 is 2.11 bits per heavy atom. The summed E-state index contributed by atoms with van der Waals surface area (Å²) < 4.78 is 67.2. The number of hydrogen-bond donors (Lipinski definition) is 2. The smallest absolute Gasteiger partial charge is 0.264 e. The summed E-state index contributed by atoms with van der Waals surface area (Å²) in [6, 6.07) is 18.7. The van der Waals surface area contributed by atoms with E-state index in [9.17, 15) is 26.0 Å². The van der Waals surface area contributed by atoms with Crippen LogP contribution in [-0.2, 0) is 26.6 Å². The Bertz CT molecular complexity index is 1650. The molecule has 0 aliphatic rings. The van der Waals surface area contributed by atoms with Crippen molar-refractivity contribution >= 4 is 43.3 Å². The zero-order chi connectivity index (χ0) is 27.3. The highest BCUT2D eigenvalue weighted by molar-refractivity contribution is 7.92. The van der Waals surface area contributed by atoms with Crippen molar-refractivity contribution in [3.63, 3.8) is 0 Å². The SMILES string of the molecule is CS(=O)(=O)N(Cc1ccccc1F)c1ccc(C(=O)Nc2ccc(S(=O)(=O)Nc3ncccn3)cc2)cc1. The first-order valence-corrected chi connectivity index (χ1v) is 14.4. The summed E-state index contributed by atoms with van der Waals surface area (Å²) >= 11 is 0. The van der Waals surface area contributed by atoms with Gasteiger partial charge in [0.05, 0.1) is 23.4 Å². The number of carbonyl (C=O) groups is 1. The molecule has 0 unspecified atom stereocenters. The Morgan fingerprint density at radius 2 is 1.50 bits per heavy atom. The molecule has 4 rings (SSSR count). The molecule has 2 N–H and O–H groups in total. The first-order valence-electron chi connectivity index (χ1n) is 11.1. The van der Waals surface area contributed by atoms with Gasteiger partial charge in [-0.3, -0.25) is 9.10 Å². The van der Waals surface area contributed by atoms with Gasteiger partial charge in [0.2, 0.25) is 16.0 Å². The standard InChI is InChI=1S/C25H22FN5O5S2/c1-37(33,34)31(17-19-5-2-3-6-23(19)26)21-11-7-18(8-12-21)24(32)29-20-9-13-22(14-10-20)38(35,36)30-25-27-15-4-16-28-25/h2-16H,17H2,1H3,(H,29,32)(H,27,28,30). The second-order valence-electron chi connectivity index (χ2n) is 8.06. The number of hydrogen-bond acceptors (Lipinski definition) is 7. The van der Waals surface area contributed by atoms with Gasteiger partial charge >= 0.3 is 0 Å². The molecule has 0 aliphatic carbocycles. The lowest BCUT2D eigenvalue weighted by Gasteiger charge is -2.23. The highest BCUT2D eigenvalue weighted by Gasteiger charge is 2.20. The minimum absolute atomic E-state index is 0.0528. The van der Waals surface area contributed by atoms with Gasteiger partial charge in [0.15, 0.2) is 0 Å². The molecule has 1 amide bonds. The van der Waals surface area contributed by atoms with Crippen molar-refractivity contribution in [3.8, 4) is 0 Å². The topological polar surface area (TPSA) is 138 Å². The third-order valence-corrected chi connectivity index (χ3v) is 7.79. The van der Waals surface area contributed by atoms with E-state index in [2.05, 4.69) is 20.0 Å². The van der Waals surface area contributed by atoms with E-state index < -0.39 is 31.8 Å². The van der Waals surface area contributed by atoms with Gasteiger partial charge in [-0.2, -0.15) is 0 Å². The van der Waals surface area contributed by atoms with E-state index in [0.717, 1.165) is 10.6 Å². The second kappa shape index (κ2) is 10.9. The third kappa shape index (κ3) is 6.49. The average molecular weight is 556 g/mol. The molecule has 0 bridgehead atoms. The number of nitrogens with zero attached hydrogens (tertiary/aromatic N) is 3. The Morgan fingerprint density at radius 1 is 0.868 bits per heavy atom. The first kappa shape index (κ1) is 26.7. The minimum atomic E-state index is -3.93. The van der Waals surface area contributed by atoms with Crippen LogP contribution in [-0.4, -0.2) is 39.0 Å². The number of amides is 1. The van der Waals surface area contributed by atoms with E-state index in [-0.39, 0.29) is 34.2 Å². The minimum Gasteiger partial charge on any atom is -0.322 e. The molecule has 0 saturated carbocycles. The Labute approximate surface area is 219 Å². The summed E-state index contributed by atoms with van der Waals surface area (Å²) in [5, 5.41) is 2.65. The van der Waals surface area contributed by atoms with E-state index in [1.165, 1.54) is 79.1 Å². The molecule has 1 heterocycles. The van der Waals surface area contributed by atoms with E-state index in [1.807, 2.05) is 0 Å². The molecule has 196 valence electrons. The molecule has 13 heteroatoms. The van der Waals surface area contributed by atoms with Crippen molar-refractivity contribution in [2.24, 2.45) is 0 Å². The largest absolute Gasteiger partial charge is 0.322 e. The number of carbonyl (C=O) groups excluding carboxylic acids is 1. The highest BCUT2D eigenvalue weighted by atomic mass is 32.2. The van der Waals surface area contributed by atoms with Crippen LogP contribution in [0.1, 0.15) is 15.9 Å². The van der Waals surface area contributed by atoms with Crippen LogP contribution in [0.3, 0.4) is 0 Å². The molecule has 4 aromatic rings. The first-order chi connectivity index (χ1) is 18.0. The summed E-state index contributed by atoms with van der Waals surface area (Å²) in [5.74, 6) is -1.10. The fourth-order valence-corrected chi connectivity index (χ4v) is 5.25. The van der Waals surface area contributed by atoms with Gasteiger partial charge < -0.3 is 5.32 Å². The van der Waals surface area contributed by atoms with Crippen LogP contribution < -0.4 is 14.3 Å². The molecule has 0 spiro atoms. The van der Waals surface area contributed by atoms with Crippen LogP contribution in [0, 0.1) is 5.82 Å². The summed E-state index contributed by atoms with van der Waals surface area (Å²) in [7, 11) is -7.67. The van der Waals surface area contributed by atoms with Crippen molar-refractivity contribution in [1.82, 2.24) is 9.97 Å². The van der Waals surface area contributed by atoms with E-state index >= 15 is 0 Å². The van der Waals surface area contributed by atoms with Gasteiger partial charge in [-0.1, -0.05) is 18.2 Å². The number of benzene rings is 3. The van der Waals surface area contributed by atoms with Gasteiger partial charge in [0.25, 0.3) is 15.9 Å². The molecule has 0 atom stereocenters. The molecule has 1 aromatic heterocycles. The lowest BCUT2D eigenvalue weighted by atomic mass is 10.1. The van der Waals surface area contributed by atoms with Gasteiger partial charge in [-0.25, -0.2) is 35.9 Å². The van der Waals surface area contributed by atoms with Gasteiger partial charge in [-0.15, -0.1) is 0 Å². The van der Waals surface area contributed by atoms with Gasteiger partial charge in [0.1, 0.15) is 5.82 Å². The molecule has 3 aromatic carbocycles. The van der Waals surface area contributed by atoms with Crippen molar-refractivity contribution in [2.45, 2.75) is 11.4 Å². The van der Waals surface area contributed by atoms with Gasteiger partial charge in [-0.05, 0) is 60.7 Å². The van der Waals surface area contributed by atoms with E-state index in [4.69, 9.17) is 0 Å². The summed E-state index contributed by atoms with van der Waals surface area (Å²) in [5.41, 5.74) is 1.03. The van der Waals surface area contributed by atoms with Crippen molar-refractivity contribution in [3.05, 3.63) is 108 Å². The lowest BCUT2D eigenvalue weighted by molar-refractivity contribution is 0.102. The maximum atomic E-state index is 14.1.